The number of aryl methyl sites for hydroxylation is 2. The highest BCUT2D eigenvalue weighted by molar-refractivity contribution is 7.89. The number of esters is 1. The molecule has 0 radical (unpaired) electrons. The molecule has 2 aromatic rings. The summed E-state index contributed by atoms with van der Waals surface area (Å²) in [7, 11) is -2.14. The van der Waals surface area contributed by atoms with E-state index >= 15 is 0 Å². The van der Waals surface area contributed by atoms with Crippen molar-refractivity contribution in [3.63, 3.8) is 0 Å². The van der Waals surface area contributed by atoms with Crippen LogP contribution in [-0.2, 0) is 36.8 Å². The van der Waals surface area contributed by atoms with Crippen molar-refractivity contribution in [3.8, 4) is 0 Å². The molecule has 1 heterocycles. The molecule has 0 aliphatic carbocycles. The monoisotopic (exact) mass is 450 g/mol. The van der Waals surface area contributed by atoms with Crippen LogP contribution in [0.5, 0.6) is 0 Å². The molecule has 1 atom stereocenters. The van der Waals surface area contributed by atoms with E-state index in [9.17, 15) is 18.0 Å². The summed E-state index contributed by atoms with van der Waals surface area (Å²) in [5.41, 5.74) is 1.73. The van der Waals surface area contributed by atoms with Crippen LogP contribution in [-0.4, -0.2) is 42.5 Å². The van der Waals surface area contributed by atoms with E-state index in [1.54, 1.807) is 30.7 Å². The van der Waals surface area contributed by atoms with E-state index in [1.165, 1.54) is 13.1 Å². The summed E-state index contributed by atoms with van der Waals surface area (Å²) in [4.78, 5) is 28.2. The van der Waals surface area contributed by atoms with E-state index in [0.717, 1.165) is 5.56 Å². The Balaban J connectivity index is 1.81. The van der Waals surface area contributed by atoms with Gasteiger partial charge in [0.05, 0.1) is 6.42 Å². The van der Waals surface area contributed by atoms with Crippen molar-refractivity contribution in [2.24, 2.45) is 7.05 Å². The van der Waals surface area contributed by atoms with Crippen molar-refractivity contribution in [3.05, 3.63) is 41.9 Å². The molecule has 0 fully saturated rings. The minimum absolute atomic E-state index is 0.00226. The Kier molecular flexibility index (Phi) is 7.61. The van der Waals surface area contributed by atoms with E-state index in [1.807, 2.05) is 12.1 Å². The quantitative estimate of drug-likeness (QED) is 0.596. The smallest absolute Gasteiger partial charge is 0.307 e. The number of nitrogens with one attached hydrogen (secondary N) is 2. The standard InChI is InChI=1S/C21H30N4O5S/c1-14(20(27)24-17-9-7-16(8-10-17)21(3,4)5)30-19(26)11-12-22-31(28,29)18-13-25(6)15(2)23-18/h7-10,13-14,22H,11-12H2,1-6H3,(H,24,27). The summed E-state index contributed by atoms with van der Waals surface area (Å²) in [6.45, 7) is 9.26. The summed E-state index contributed by atoms with van der Waals surface area (Å²) in [6.07, 6.45) is 0.143. The first-order valence-electron chi connectivity index (χ1n) is 9.90. The lowest BCUT2D eigenvalue weighted by molar-refractivity contribution is -0.152. The van der Waals surface area contributed by atoms with Gasteiger partial charge in [-0.3, -0.25) is 9.59 Å². The molecule has 0 spiro atoms. The van der Waals surface area contributed by atoms with Gasteiger partial charge in [-0.2, -0.15) is 0 Å². The third kappa shape index (κ3) is 6.90. The Morgan fingerprint density at radius 1 is 1.19 bits per heavy atom. The Bertz CT molecular complexity index is 1020. The molecule has 0 aliphatic rings. The predicted octanol–water partition coefficient (Wildman–Crippen LogP) is 2.26. The molecule has 0 saturated carbocycles. The van der Waals surface area contributed by atoms with Gasteiger partial charge in [-0.25, -0.2) is 18.1 Å². The molecule has 1 aromatic carbocycles. The summed E-state index contributed by atoms with van der Waals surface area (Å²) in [5, 5.41) is 2.58. The molecule has 0 saturated heterocycles. The summed E-state index contributed by atoms with van der Waals surface area (Å²) in [6, 6.07) is 7.45. The second-order valence-electron chi connectivity index (χ2n) is 8.33. The van der Waals surface area contributed by atoms with Crippen molar-refractivity contribution >= 4 is 27.6 Å². The number of nitrogens with zero attached hydrogens (tertiary/aromatic N) is 2. The van der Waals surface area contributed by atoms with Gasteiger partial charge in [0.25, 0.3) is 15.9 Å². The molecule has 0 bridgehead atoms. The van der Waals surface area contributed by atoms with Crippen LogP contribution in [0.3, 0.4) is 0 Å². The number of hydrogen-bond donors (Lipinski definition) is 2. The van der Waals surface area contributed by atoms with Crippen molar-refractivity contribution in [1.29, 1.82) is 0 Å². The van der Waals surface area contributed by atoms with Gasteiger partial charge in [0, 0.05) is 25.5 Å². The molecule has 9 nitrogen and oxygen atoms in total. The first-order chi connectivity index (χ1) is 14.3. The Morgan fingerprint density at radius 2 is 1.81 bits per heavy atom. The maximum atomic E-state index is 12.3. The zero-order valence-corrected chi connectivity index (χ0v) is 19.5. The molecule has 0 aliphatic heterocycles. The molecule has 31 heavy (non-hydrogen) atoms. The van der Waals surface area contributed by atoms with E-state index < -0.39 is 28.0 Å². The van der Waals surface area contributed by atoms with Crippen LogP contribution in [0.4, 0.5) is 5.69 Å². The minimum Gasteiger partial charge on any atom is -0.452 e. The first kappa shape index (κ1) is 24.5. The van der Waals surface area contributed by atoms with E-state index in [4.69, 9.17) is 4.74 Å². The number of rotatable bonds is 8. The number of ether oxygens (including phenoxy) is 1. The van der Waals surface area contributed by atoms with Gasteiger partial charge >= 0.3 is 5.97 Å². The molecule has 1 aromatic heterocycles. The highest BCUT2D eigenvalue weighted by atomic mass is 32.2. The maximum Gasteiger partial charge on any atom is 0.307 e. The number of amides is 1. The molecule has 1 unspecified atom stereocenters. The first-order valence-corrected chi connectivity index (χ1v) is 11.4. The highest BCUT2D eigenvalue weighted by Gasteiger charge is 2.21. The maximum absolute atomic E-state index is 12.3. The summed E-state index contributed by atoms with van der Waals surface area (Å²) >= 11 is 0. The van der Waals surface area contributed by atoms with Crippen molar-refractivity contribution in [1.82, 2.24) is 14.3 Å². The zero-order chi connectivity index (χ0) is 23.4. The second-order valence-corrected chi connectivity index (χ2v) is 10.0. The number of sulfonamides is 1. The Morgan fingerprint density at radius 3 is 2.32 bits per heavy atom. The number of imidazole rings is 1. The molecular weight excluding hydrogens is 420 g/mol. The predicted molar refractivity (Wildman–Crippen MR) is 117 cm³/mol. The number of hydrogen-bond acceptors (Lipinski definition) is 6. The van der Waals surface area contributed by atoms with Crippen LogP contribution < -0.4 is 10.0 Å². The fourth-order valence-corrected chi connectivity index (χ4v) is 3.69. The van der Waals surface area contributed by atoms with Crippen LogP contribution in [0, 0.1) is 6.92 Å². The number of aromatic nitrogens is 2. The van der Waals surface area contributed by atoms with Gasteiger partial charge in [0.2, 0.25) is 0 Å². The van der Waals surface area contributed by atoms with Crippen LogP contribution in [0.2, 0.25) is 0 Å². The molecule has 170 valence electrons. The Labute approximate surface area is 183 Å². The van der Waals surface area contributed by atoms with Gasteiger partial charge in [0.15, 0.2) is 11.1 Å². The van der Waals surface area contributed by atoms with Crippen molar-refractivity contribution in [2.45, 2.75) is 57.6 Å². The van der Waals surface area contributed by atoms with Crippen LogP contribution in [0.1, 0.15) is 45.5 Å². The Hall–Kier alpha value is -2.72. The number of carbonyl (C=O) groups excluding carboxylic acids is 2. The lowest BCUT2D eigenvalue weighted by Gasteiger charge is -2.19. The minimum atomic E-state index is -3.83. The highest BCUT2D eigenvalue weighted by Crippen LogP contribution is 2.23. The van der Waals surface area contributed by atoms with E-state index in [-0.39, 0.29) is 23.4 Å². The van der Waals surface area contributed by atoms with E-state index in [2.05, 4.69) is 35.8 Å². The third-order valence-corrected chi connectivity index (χ3v) is 6.01. The zero-order valence-electron chi connectivity index (χ0n) is 18.7. The largest absolute Gasteiger partial charge is 0.452 e. The van der Waals surface area contributed by atoms with Crippen LogP contribution in [0.15, 0.2) is 35.5 Å². The number of anilines is 1. The van der Waals surface area contributed by atoms with Gasteiger partial charge in [-0.05, 0) is 37.0 Å². The average Bonchev–Trinajstić information content (AvgIpc) is 3.01. The van der Waals surface area contributed by atoms with Crippen LogP contribution >= 0.6 is 0 Å². The van der Waals surface area contributed by atoms with Gasteiger partial charge in [0.1, 0.15) is 5.82 Å². The van der Waals surface area contributed by atoms with E-state index in [0.29, 0.717) is 11.5 Å². The lowest BCUT2D eigenvalue weighted by atomic mass is 9.87. The van der Waals surface area contributed by atoms with Gasteiger partial charge in [-0.1, -0.05) is 32.9 Å². The van der Waals surface area contributed by atoms with Crippen molar-refractivity contribution < 1.29 is 22.7 Å². The number of benzene rings is 1. The van der Waals surface area contributed by atoms with Crippen LogP contribution in [0.25, 0.3) is 0 Å². The normalized spacial score (nSPS) is 13.0. The topological polar surface area (TPSA) is 119 Å². The third-order valence-electron chi connectivity index (χ3n) is 4.68. The summed E-state index contributed by atoms with van der Waals surface area (Å²) < 4.78 is 33.4. The average molecular weight is 451 g/mol. The molecule has 2 N–H and O–H groups in total. The van der Waals surface area contributed by atoms with Gasteiger partial charge in [-0.15, -0.1) is 0 Å². The second kappa shape index (κ2) is 9.61. The fourth-order valence-electron chi connectivity index (χ4n) is 2.62. The number of carbonyl (C=O) groups is 2. The summed E-state index contributed by atoms with van der Waals surface area (Å²) in [5.74, 6) is -0.611. The van der Waals surface area contributed by atoms with Gasteiger partial charge < -0.3 is 14.6 Å². The molecule has 2 rings (SSSR count). The molecule has 1 amide bonds. The molecule has 10 heteroatoms. The lowest BCUT2D eigenvalue weighted by Crippen LogP contribution is -2.32. The molecular formula is C21H30N4O5S. The fraction of sp³-hybridized carbons (Fsp3) is 0.476. The van der Waals surface area contributed by atoms with Crippen molar-refractivity contribution in [2.75, 3.05) is 11.9 Å². The SMILES string of the molecule is Cc1nc(S(=O)(=O)NCCC(=O)OC(C)C(=O)Nc2ccc(C(C)(C)C)cc2)cn1C.